The van der Waals surface area contributed by atoms with E-state index in [4.69, 9.17) is 15.9 Å². The maximum Gasteiger partial charge on any atom is 0.144 e. The van der Waals surface area contributed by atoms with Gasteiger partial charge in [-0.05, 0) is 13.8 Å². The first-order chi connectivity index (χ1) is 6.76. The van der Waals surface area contributed by atoms with Gasteiger partial charge in [-0.15, -0.1) is 13.0 Å². The monoisotopic (exact) mass is 194 g/mol. The molecule has 2 heteroatoms. The van der Waals surface area contributed by atoms with Crippen molar-refractivity contribution in [2.24, 2.45) is 0 Å². The molecule has 0 aliphatic heterocycles. The fourth-order valence-corrected chi connectivity index (χ4v) is 0.882. The van der Waals surface area contributed by atoms with E-state index in [1.807, 2.05) is 26.0 Å². The summed E-state index contributed by atoms with van der Waals surface area (Å²) in [6.07, 6.45) is 10.4. The molecule has 0 aromatic rings. The third kappa shape index (κ3) is 5.58. The maximum atomic E-state index is 5.44. The molecular weight excluding hydrogens is 176 g/mol. The van der Waals surface area contributed by atoms with Crippen molar-refractivity contribution >= 4 is 0 Å². The van der Waals surface area contributed by atoms with E-state index in [9.17, 15) is 0 Å². The molecule has 0 spiro atoms. The van der Waals surface area contributed by atoms with Gasteiger partial charge < -0.3 is 9.47 Å². The SMILES string of the molecule is C#C[C@@H](OCC=C)[C@H](C)OC/C=C/C. The van der Waals surface area contributed by atoms with E-state index in [-0.39, 0.29) is 12.2 Å². The quantitative estimate of drug-likeness (QED) is 0.457. The van der Waals surface area contributed by atoms with Crippen LogP contribution in [0.25, 0.3) is 0 Å². The molecule has 2 atom stereocenters. The maximum absolute atomic E-state index is 5.44. The van der Waals surface area contributed by atoms with Gasteiger partial charge in [-0.25, -0.2) is 0 Å². The van der Waals surface area contributed by atoms with E-state index in [2.05, 4.69) is 12.5 Å². The molecule has 0 saturated heterocycles. The van der Waals surface area contributed by atoms with Crippen LogP contribution in [0.1, 0.15) is 13.8 Å². The van der Waals surface area contributed by atoms with Crippen LogP contribution in [0.15, 0.2) is 24.8 Å². The molecule has 0 N–H and O–H groups in total. The van der Waals surface area contributed by atoms with Crippen LogP contribution in [0.3, 0.4) is 0 Å². The summed E-state index contributed by atoms with van der Waals surface area (Å²) in [6.45, 7) is 8.41. The lowest BCUT2D eigenvalue weighted by molar-refractivity contribution is -0.0209. The second-order valence-electron chi connectivity index (χ2n) is 2.82. The van der Waals surface area contributed by atoms with Gasteiger partial charge in [-0.1, -0.05) is 24.1 Å². The Morgan fingerprint density at radius 1 is 1.43 bits per heavy atom. The van der Waals surface area contributed by atoms with Crippen LogP contribution in [0.5, 0.6) is 0 Å². The van der Waals surface area contributed by atoms with Crippen molar-refractivity contribution in [3.8, 4) is 12.3 Å². The predicted octanol–water partition coefficient (Wildman–Crippen LogP) is 2.17. The molecule has 0 radical (unpaired) electrons. The number of hydrogen-bond donors (Lipinski definition) is 0. The minimum absolute atomic E-state index is 0.101. The average molecular weight is 194 g/mol. The smallest absolute Gasteiger partial charge is 0.144 e. The van der Waals surface area contributed by atoms with E-state index in [1.54, 1.807) is 6.08 Å². The number of terminal acetylenes is 1. The third-order valence-electron chi connectivity index (χ3n) is 1.68. The first-order valence-electron chi connectivity index (χ1n) is 4.67. The number of hydrogen-bond acceptors (Lipinski definition) is 2. The summed E-state index contributed by atoms with van der Waals surface area (Å²) in [6, 6.07) is 0. The summed E-state index contributed by atoms with van der Waals surface area (Å²) in [5, 5.41) is 0. The largest absolute Gasteiger partial charge is 0.371 e. The van der Waals surface area contributed by atoms with Gasteiger partial charge in [0.25, 0.3) is 0 Å². The number of allylic oxidation sites excluding steroid dienone is 1. The molecule has 0 heterocycles. The molecule has 0 unspecified atom stereocenters. The van der Waals surface area contributed by atoms with Crippen molar-refractivity contribution in [2.75, 3.05) is 13.2 Å². The van der Waals surface area contributed by atoms with E-state index in [0.29, 0.717) is 13.2 Å². The molecule has 0 amide bonds. The van der Waals surface area contributed by atoms with Crippen LogP contribution in [-0.4, -0.2) is 25.4 Å². The lowest BCUT2D eigenvalue weighted by Crippen LogP contribution is -2.27. The van der Waals surface area contributed by atoms with Crippen molar-refractivity contribution in [1.82, 2.24) is 0 Å². The zero-order valence-electron chi connectivity index (χ0n) is 8.90. The molecule has 0 aliphatic carbocycles. The first kappa shape index (κ1) is 13.0. The summed E-state index contributed by atoms with van der Waals surface area (Å²) in [5.41, 5.74) is 0. The minimum Gasteiger partial charge on any atom is -0.371 e. The Morgan fingerprint density at radius 3 is 2.64 bits per heavy atom. The second kappa shape index (κ2) is 8.55. The highest BCUT2D eigenvalue weighted by Gasteiger charge is 2.14. The van der Waals surface area contributed by atoms with Crippen LogP contribution in [0, 0.1) is 12.3 Å². The molecular formula is C12H18O2. The summed E-state index contributed by atoms with van der Waals surface area (Å²) in [7, 11) is 0. The molecule has 0 rings (SSSR count). The summed E-state index contributed by atoms with van der Waals surface area (Å²) < 4.78 is 10.8. The average Bonchev–Trinajstić information content (AvgIpc) is 2.19. The zero-order valence-corrected chi connectivity index (χ0v) is 8.90. The van der Waals surface area contributed by atoms with Crippen molar-refractivity contribution < 1.29 is 9.47 Å². The molecule has 0 saturated carbocycles. The van der Waals surface area contributed by atoms with Gasteiger partial charge in [0, 0.05) is 0 Å². The van der Waals surface area contributed by atoms with E-state index in [0.717, 1.165) is 0 Å². The molecule has 14 heavy (non-hydrogen) atoms. The predicted molar refractivity (Wildman–Crippen MR) is 59.0 cm³/mol. The Labute approximate surface area is 86.6 Å². The normalized spacial score (nSPS) is 14.9. The fourth-order valence-electron chi connectivity index (χ4n) is 0.882. The summed E-state index contributed by atoms with van der Waals surface area (Å²) >= 11 is 0. The Hall–Kier alpha value is -1.04. The van der Waals surface area contributed by atoms with Crippen molar-refractivity contribution in [3.63, 3.8) is 0 Å². The molecule has 0 fully saturated rings. The second-order valence-corrected chi connectivity index (χ2v) is 2.82. The highest BCUT2D eigenvalue weighted by molar-refractivity contribution is 4.98. The Bertz CT molecular complexity index is 213. The van der Waals surface area contributed by atoms with E-state index < -0.39 is 0 Å². The topological polar surface area (TPSA) is 18.5 Å². The number of rotatable bonds is 7. The van der Waals surface area contributed by atoms with E-state index in [1.165, 1.54) is 0 Å². The van der Waals surface area contributed by atoms with Gasteiger partial charge in [0.15, 0.2) is 0 Å². The molecule has 78 valence electrons. The molecule has 2 nitrogen and oxygen atoms in total. The summed E-state index contributed by atoms with van der Waals surface area (Å²) in [4.78, 5) is 0. The van der Waals surface area contributed by atoms with Gasteiger partial charge in [-0.3, -0.25) is 0 Å². The van der Waals surface area contributed by atoms with Crippen LogP contribution >= 0.6 is 0 Å². The lowest BCUT2D eigenvalue weighted by atomic mass is 10.2. The highest BCUT2D eigenvalue weighted by Crippen LogP contribution is 2.03. The van der Waals surface area contributed by atoms with Crippen molar-refractivity contribution in [1.29, 1.82) is 0 Å². The minimum atomic E-state index is -0.307. The molecule has 0 aromatic heterocycles. The van der Waals surface area contributed by atoms with Gasteiger partial charge in [0.2, 0.25) is 0 Å². The highest BCUT2D eigenvalue weighted by atomic mass is 16.5. The van der Waals surface area contributed by atoms with E-state index >= 15 is 0 Å². The Kier molecular flexibility index (Phi) is 7.92. The molecule has 0 aliphatic rings. The first-order valence-corrected chi connectivity index (χ1v) is 4.67. The zero-order chi connectivity index (χ0) is 10.8. The molecule has 0 bridgehead atoms. The van der Waals surface area contributed by atoms with Crippen molar-refractivity contribution in [2.45, 2.75) is 26.1 Å². The summed E-state index contributed by atoms with van der Waals surface area (Å²) in [5.74, 6) is 2.54. The van der Waals surface area contributed by atoms with Crippen LogP contribution in [0.2, 0.25) is 0 Å². The Morgan fingerprint density at radius 2 is 2.14 bits per heavy atom. The van der Waals surface area contributed by atoms with Gasteiger partial charge in [-0.2, -0.15) is 0 Å². The van der Waals surface area contributed by atoms with Gasteiger partial charge >= 0.3 is 0 Å². The lowest BCUT2D eigenvalue weighted by Gasteiger charge is -2.18. The Balaban J connectivity index is 3.85. The standard InChI is InChI=1S/C12H18O2/c1-5-8-10-13-11(4)12(7-3)14-9-6-2/h3,5-6,8,11-12H,2,9-10H2,1,4H3/b8-5+/t11-,12+/m0/s1. The van der Waals surface area contributed by atoms with Crippen LogP contribution in [-0.2, 0) is 9.47 Å². The number of ether oxygens (including phenoxy) is 2. The van der Waals surface area contributed by atoms with Gasteiger partial charge in [0.1, 0.15) is 6.10 Å². The fraction of sp³-hybridized carbons (Fsp3) is 0.500. The van der Waals surface area contributed by atoms with Gasteiger partial charge in [0.05, 0.1) is 19.3 Å². The van der Waals surface area contributed by atoms with Crippen molar-refractivity contribution in [3.05, 3.63) is 24.8 Å². The molecule has 0 aromatic carbocycles. The van der Waals surface area contributed by atoms with Crippen LogP contribution in [0.4, 0.5) is 0 Å². The van der Waals surface area contributed by atoms with Crippen LogP contribution < -0.4 is 0 Å². The third-order valence-corrected chi connectivity index (χ3v) is 1.68.